The molecular formula is C13H20N2O2S2. The van der Waals surface area contributed by atoms with Crippen molar-refractivity contribution in [1.29, 1.82) is 0 Å². The van der Waals surface area contributed by atoms with Crippen LogP contribution in [0.25, 0.3) is 0 Å². The van der Waals surface area contributed by atoms with Crippen LogP contribution in [0.5, 0.6) is 0 Å². The Morgan fingerprint density at radius 3 is 2.37 bits per heavy atom. The highest BCUT2D eigenvalue weighted by molar-refractivity contribution is 8.00. The predicted molar refractivity (Wildman–Crippen MR) is 80.9 cm³/mol. The van der Waals surface area contributed by atoms with Crippen LogP contribution in [0.1, 0.15) is 19.4 Å². The summed E-state index contributed by atoms with van der Waals surface area (Å²) in [7, 11) is -3.41. The maximum atomic E-state index is 12.7. The van der Waals surface area contributed by atoms with Gasteiger partial charge in [-0.1, -0.05) is 13.8 Å². The van der Waals surface area contributed by atoms with Gasteiger partial charge in [-0.25, -0.2) is 8.42 Å². The molecule has 0 aromatic heterocycles. The van der Waals surface area contributed by atoms with E-state index < -0.39 is 10.0 Å². The molecule has 1 heterocycles. The molecule has 0 bridgehead atoms. The molecule has 1 saturated heterocycles. The zero-order valence-corrected chi connectivity index (χ0v) is 13.1. The number of sulfonamides is 1. The third kappa shape index (κ3) is 3.07. The van der Waals surface area contributed by atoms with E-state index in [0.717, 1.165) is 0 Å². The van der Waals surface area contributed by atoms with Gasteiger partial charge in [0.15, 0.2) is 0 Å². The number of nitrogen functional groups attached to an aromatic ring is 1. The fourth-order valence-electron chi connectivity index (χ4n) is 2.43. The molecule has 0 saturated carbocycles. The van der Waals surface area contributed by atoms with E-state index in [2.05, 4.69) is 13.8 Å². The van der Waals surface area contributed by atoms with Gasteiger partial charge in [-0.15, -0.1) is 0 Å². The monoisotopic (exact) mass is 300 g/mol. The van der Waals surface area contributed by atoms with E-state index in [1.54, 1.807) is 29.4 Å². The molecule has 0 spiro atoms. The quantitative estimate of drug-likeness (QED) is 0.850. The van der Waals surface area contributed by atoms with Crippen LogP contribution in [0.2, 0.25) is 0 Å². The Labute approximate surface area is 119 Å². The highest BCUT2D eigenvalue weighted by atomic mass is 32.2. The van der Waals surface area contributed by atoms with Gasteiger partial charge in [0.05, 0.1) is 4.90 Å². The second kappa shape index (κ2) is 5.34. The molecule has 1 fully saturated rings. The molecule has 2 N–H and O–H groups in total. The summed E-state index contributed by atoms with van der Waals surface area (Å²) in [4.78, 5) is 0.369. The first-order valence-corrected chi connectivity index (χ1v) is 8.70. The summed E-state index contributed by atoms with van der Waals surface area (Å²) in [6, 6.07) is 4.96. The zero-order valence-electron chi connectivity index (χ0n) is 11.5. The van der Waals surface area contributed by atoms with Crippen LogP contribution < -0.4 is 5.73 Å². The Morgan fingerprint density at radius 1 is 1.26 bits per heavy atom. The lowest BCUT2D eigenvalue weighted by Crippen LogP contribution is -2.44. The Kier molecular flexibility index (Phi) is 4.13. The van der Waals surface area contributed by atoms with E-state index in [1.807, 2.05) is 11.8 Å². The molecule has 0 radical (unpaired) electrons. The van der Waals surface area contributed by atoms with Gasteiger partial charge in [0, 0.05) is 29.3 Å². The van der Waals surface area contributed by atoms with Crippen molar-refractivity contribution in [3.63, 3.8) is 0 Å². The van der Waals surface area contributed by atoms with Gasteiger partial charge >= 0.3 is 0 Å². The molecule has 2 unspecified atom stereocenters. The van der Waals surface area contributed by atoms with Crippen LogP contribution in [-0.2, 0) is 10.0 Å². The highest BCUT2D eigenvalue weighted by Gasteiger charge is 2.32. The van der Waals surface area contributed by atoms with Crippen LogP contribution >= 0.6 is 11.8 Å². The van der Waals surface area contributed by atoms with Gasteiger partial charge < -0.3 is 5.73 Å². The molecule has 6 heteroatoms. The maximum absolute atomic E-state index is 12.7. The number of hydrogen-bond donors (Lipinski definition) is 1. The average molecular weight is 300 g/mol. The van der Waals surface area contributed by atoms with E-state index >= 15 is 0 Å². The predicted octanol–water partition coefficient (Wildman–Crippen LogP) is 2.09. The fourth-order valence-corrected chi connectivity index (χ4v) is 5.77. The summed E-state index contributed by atoms with van der Waals surface area (Å²) in [5, 5.41) is 0.653. The van der Waals surface area contributed by atoms with Crippen molar-refractivity contribution in [2.24, 2.45) is 0 Å². The fraction of sp³-hybridized carbons (Fsp3) is 0.538. The van der Waals surface area contributed by atoms with Gasteiger partial charge in [-0.3, -0.25) is 0 Å². The Morgan fingerprint density at radius 2 is 1.84 bits per heavy atom. The Bertz CT molecular complexity index is 562. The van der Waals surface area contributed by atoms with E-state index in [1.165, 1.54) is 0 Å². The van der Waals surface area contributed by atoms with E-state index in [-0.39, 0.29) is 0 Å². The second-order valence-corrected chi connectivity index (χ2v) is 8.89. The number of nitrogens with zero attached hydrogens (tertiary/aromatic N) is 1. The van der Waals surface area contributed by atoms with Gasteiger partial charge in [0.1, 0.15) is 0 Å². The number of benzene rings is 1. The first kappa shape index (κ1) is 14.7. The average Bonchev–Trinajstić information content (AvgIpc) is 2.26. The summed E-state index contributed by atoms with van der Waals surface area (Å²) in [5.41, 5.74) is 6.98. The molecule has 1 aliphatic rings. The van der Waals surface area contributed by atoms with Crippen molar-refractivity contribution in [3.8, 4) is 0 Å². The third-order valence-corrected chi connectivity index (χ3v) is 6.42. The molecule has 0 amide bonds. The minimum atomic E-state index is -3.41. The summed E-state index contributed by atoms with van der Waals surface area (Å²) in [5.74, 6) is 0. The number of rotatable bonds is 2. The largest absolute Gasteiger partial charge is 0.399 e. The number of anilines is 1. The lowest BCUT2D eigenvalue weighted by molar-refractivity contribution is 0.404. The topological polar surface area (TPSA) is 63.4 Å². The van der Waals surface area contributed by atoms with Crippen molar-refractivity contribution in [2.45, 2.75) is 36.2 Å². The van der Waals surface area contributed by atoms with E-state index in [0.29, 0.717) is 39.7 Å². The molecule has 2 atom stereocenters. The molecular weight excluding hydrogens is 280 g/mol. The minimum Gasteiger partial charge on any atom is -0.399 e. The lowest BCUT2D eigenvalue weighted by Gasteiger charge is -2.34. The molecule has 2 rings (SSSR count). The second-order valence-electron chi connectivity index (χ2n) is 5.10. The van der Waals surface area contributed by atoms with Crippen molar-refractivity contribution >= 4 is 27.5 Å². The first-order valence-electron chi connectivity index (χ1n) is 6.32. The normalized spacial score (nSPS) is 25.4. The van der Waals surface area contributed by atoms with E-state index in [9.17, 15) is 8.42 Å². The summed E-state index contributed by atoms with van der Waals surface area (Å²) >= 11 is 1.84. The van der Waals surface area contributed by atoms with Crippen molar-refractivity contribution in [2.75, 3.05) is 18.8 Å². The molecule has 1 aromatic carbocycles. The maximum Gasteiger partial charge on any atom is 0.243 e. The van der Waals surface area contributed by atoms with Crippen LogP contribution in [0.3, 0.4) is 0 Å². The summed E-state index contributed by atoms with van der Waals surface area (Å²) < 4.78 is 27.0. The molecule has 106 valence electrons. The molecule has 4 nitrogen and oxygen atoms in total. The highest BCUT2D eigenvalue weighted by Crippen LogP contribution is 2.30. The number of hydrogen-bond acceptors (Lipinski definition) is 4. The van der Waals surface area contributed by atoms with Crippen LogP contribution in [-0.4, -0.2) is 36.3 Å². The van der Waals surface area contributed by atoms with Crippen LogP contribution in [0.4, 0.5) is 5.69 Å². The standard InChI is InChI=1S/C13H20N2O2S2/c1-9-6-12(14)4-5-13(9)19(16,17)15-7-10(2)18-11(3)8-15/h4-6,10-11H,7-8,14H2,1-3H3. The number of aryl methyl sites for hydroxylation is 1. The van der Waals surface area contributed by atoms with Crippen molar-refractivity contribution < 1.29 is 8.42 Å². The van der Waals surface area contributed by atoms with Crippen molar-refractivity contribution in [1.82, 2.24) is 4.31 Å². The lowest BCUT2D eigenvalue weighted by atomic mass is 10.2. The van der Waals surface area contributed by atoms with Gasteiger partial charge in [-0.2, -0.15) is 16.1 Å². The van der Waals surface area contributed by atoms with Crippen LogP contribution in [0, 0.1) is 6.92 Å². The van der Waals surface area contributed by atoms with Crippen molar-refractivity contribution in [3.05, 3.63) is 23.8 Å². The van der Waals surface area contributed by atoms with Gasteiger partial charge in [0.25, 0.3) is 0 Å². The first-order chi connectivity index (χ1) is 8.80. The molecule has 1 aromatic rings. The Hall–Kier alpha value is -0.720. The molecule has 19 heavy (non-hydrogen) atoms. The van der Waals surface area contributed by atoms with E-state index in [4.69, 9.17) is 5.73 Å². The SMILES string of the molecule is Cc1cc(N)ccc1S(=O)(=O)N1CC(C)SC(C)C1. The number of nitrogens with two attached hydrogens (primary N) is 1. The van der Waals surface area contributed by atoms with Gasteiger partial charge in [0.2, 0.25) is 10.0 Å². The minimum absolute atomic E-state index is 0.326. The Balaban J connectivity index is 2.36. The number of thioether (sulfide) groups is 1. The summed E-state index contributed by atoms with van der Waals surface area (Å²) in [6.07, 6.45) is 0. The summed E-state index contributed by atoms with van der Waals surface area (Å²) in [6.45, 7) is 7.06. The van der Waals surface area contributed by atoms with Crippen LogP contribution in [0.15, 0.2) is 23.1 Å². The zero-order chi connectivity index (χ0) is 14.2. The molecule has 1 aliphatic heterocycles. The third-order valence-electron chi connectivity index (χ3n) is 3.20. The van der Waals surface area contributed by atoms with Gasteiger partial charge in [-0.05, 0) is 30.7 Å². The smallest absolute Gasteiger partial charge is 0.243 e. The molecule has 0 aliphatic carbocycles.